The van der Waals surface area contributed by atoms with Crippen molar-refractivity contribution in [2.45, 2.75) is 50.9 Å². The van der Waals surface area contributed by atoms with Crippen LogP contribution in [0.15, 0.2) is 30.3 Å². The van der Waals surface area contributed by atoms with Gasteiger partial charge < -0.3 is 9.64 Å². The lowest BCUT2D eigenvalue weighted by Crippen LogP contribution is -2.66. The highest BCUT2D eigenvalue weighted by molar-refractivity contribution is 5.79. The van der Waals surface area contributed by atoms with Gasteiger partial charge in [-0.3, -0.25) is 9.69 Å². The minimum Gasteiger partial charge on any atom is -0.353 e. The predicted octanol–water partition coefficient (Wildman–Crippen LogP) is 2.64. The molecule has 3 heterocycles. The van der Waals surface area contributed by atoms with Crippen molar-refractivity contribution < 1.29 is 9.53 Å². The summed E-state index contributed by atoms with van der Waals surface area (Å²) in [7, 11) is 0. The Labute approximate surface area is 138 Å². The van der Waals surface area contributed by atoms with E-state index in [-0.39, 0.29) is 17.2 Å². The summed E-state index contributed by atoms with van der Waals surface area (Å²) < 4.78 is 6.31. The predicted molar refractivity (Wildman–Crippen MR) is 88.7 cm³/mol. The highest BCUT2D eigenvalue weighted by atomic mass is 16.5. The Morgan fingerprint density at radius 2 is 2.04 bits per heavy atom. The molecule has 0 N–H and O–H groups in total. The van der Waals surface area contributed by atoms with Crippen LogP contribution in [0.3, 0.4) is 0 Å². The number of hydrogen-bond acceptors (Lipinski definition) is 3. The summed E-state index contributed by atoms with van der Waals surface area (Å²) in [6, 6.07) is 10.6. The van der Waals surface area contributed by atoms with Gasteiger partial charge in [0.05, 0.1) is 12.1 Å². The zero-order valence-corrected chi connectivity index (χ0v) is 14.1. The van der Waals surface area contributed by atoms with E-state index in [9.17, 15) is 4.79 Å². The maximum atomic E-state index is 12.5. The van der Waals surface area contributed by atoms with Crippen LogP contribution in [-0.2, 0) is 16.1 Å². The molecular weight excluding hydrogens is 288 g/mol. The normalized spacial score (nSPS) is 33.4. The highest BCUT2D eigenvalue weighted by Gasteiger charge is 2.61. The van der Waals surface area contributed by atoms with E-state index in [4.69, 9.17) is 4.74 Å². The van der Waals surface area contributed by atoms with Gasteiger partial charge in [-0.2, -0.15) is 0 Å². The van der Waals surface area contributed by atoms with Gasteiger partial charge in [-0.05, 0) is 25.8 Å². The third kappa shape index (κ3) is 2.39. The third-order valence-corrected chi connectivity index (χ3v) is 5.77. The van der Waals surface area contributed by atoms with Crippen molar-refractivity contribution >= 4 is 5.91 Å². The van der Waals surface area contributed by atoms with Gasteiger partial charge in [-0.1, -0.05) is 30.3 Å². The summed E-state index contributed by atoms with van der Waals surface area (Å²) in [5.41, 5.74) is 0.850. The first kappa shape index (κ1) is 15.2. The van der Waals surface area contributed by atoms with E-state index in [1.165, 1.54) is 5.56 Å². The molecule has 1 aromatic carbocycles. The van der Waals surface area contributed by atoms with Crippen LogP contribution in [0.5, 0.6) is 0 Å². The Bertz CT molecular complexity index is 601. The summed E-state index contributed by atoms with van der Waals surface area (Å²) >= 11 is 0. The van der Waals surface area contributed by atoms with Crippen molar-refractivity contribution in [2.75, 3.05) is 19.7 Å². The van der Waals surface area contributed by atoms with Crippen molar-refractivity contribution in [1.29, 1.82) is 0 Å². The number of benzene rings is 1. The number of piperidine rings is 2. The smallest absolute Gasteiger partial charge is 0.225 e. The molecule has 0 bridgehead atoms. The number of amides is 1. The Hall–Kier alpha value is -1.39. The van der Waals surface area contributed by atoms with Gasteiger partial charge in [0.1, 0.15) is 5.72 Å². The van der Waals surface area contributed by atoms with Crippen molar-refractivity contribution in [2.24, 2.45) is 5.92 Å². The highest BCUT2D eigenvalue weighted by Crippen LogP contribution is 2.49. The van der Waals surface area contributed by atoms with E-state index in [0.29, 0.717) is 18.9 Å². The molecule has 3 aliphatic heterocycles. The molecule has 3 fully saturated rings. The second-order valence-electron chi connectivity index (χ2n) is 7.88. The van der Waals surface area contributed by atoms with Gasteiger partial charge in [0.2, 0.25) is 5.91 Å². The van der Waals surface area contributed by atoms with Gasteiger partial charge in [0.15, 0.2) is 0 Å². The molecule has 0 saturated carbocycles. The fraction of sp³-hybridized carbons (Fsp3) is 0.632. The van der Waals surface area contributed by atoms with Gasteiger partial charge in [-0.15, -0.1) is 0 Å². The Morgan fingerprint density at radius 3 is 2.83 bits per heavy atom. The van der Waals surface area contributed by atoms with Crippen molar-refractivity contribution in [3.63, 3.8) is 0 Å². The molecule has 4 nitrogen and oxygen atoms in total. The van der Waals surface area contributed by atoms with E-state index in [1.807, 2.05) is 0 Å². The third-order valence-electron chi connectivity index (χ3n) is 5.77. The van der Waals surface area contributed by atoms with Crippen LogP contribution < -0.4 is 0 Å². The molecule has 4 rings (SSSR count). The molecule has 2 unspecified atom stereocenters. The fourth-order valence-corrected chi connectivity index (χ4v) is 4.76. The number of ether oxygens (including phenoxy) is 1. The first-order valence-electron chi connectivity index (χ1n) is 8.75. The summed E-state index contributed by atoms with van der Waals surface area (Å²) in [6.07, 6.45) is 2.55. The molecule has 23 heavy (non-hydrogen) atoms. The van der Waals surface area contributed by atoms with Gasteiger partial charge in [0, 0.05) is 38.4 Å². The molecule has 2 atom stereocenters. The van der Waals surface area contributed by atoms with Crippen LogP contribution in [0.1, 0.15) is 38.7 Å². The minimum absolute atomic E-state index is 0.169. The van der Waals surface area contributed by atoms with E-state index in [0.717, 1.165) is 32.5 Å². The van der Waals surface area contributed by atoms with Gasteiger partial charge >= 0.3 is 0 Å². The van der Waals surface area contributed by atoms with Crippen LogP contribution in [-0.4, -0.2) is 46.7 Å². The van der Waals surface area contributed by atoms with Gasteiger partial charge in [-0.25, -0.2) is 0 Å². The van der Waals surface area contributed by atoms with Crippen molar-refractivity contribution in [1.82, 2.24) is 9.80 Å². The molecule has 4 heteroatoms. The summed E-state index contributed by atoms with van der Waals surface area (Å²) in [5.74, 6) is 0.708. The second-order valence-corrected chi connectivity index (χ2v) is 7.88. The molecule has 0 aliphatic carbocycles. The largest absolute Gasteiger partial charge is 0.353 e. The number of likely N-dealkylation sites (tertiary alicyclic amines) is 1. The first-order chi connectivity index (χ1) is 11.0. The zero-order chi connectivity index (χ0) is 16.1. The average molecular weight is 314 g/mol. The molecule has 0 aromatic heterocycles. The molecule has 3 aliphatic rings. The van der Waals surface area contributed by atoms with E-state index < -0.39 is 0 Å². The van der Waals surface area contributed by atoms with Crippen LogP contribution in [0.25, 0.3) is 0 Å². The Morgan fingerprint density at radius 1 is 1.26 bits per heavy atom. The fourth-order valence-electron chi connectivity index (χ4n) is 4.76. The second kappa shape index (κ2) is 5.32. The van der Waals surface area contributed by atoms with E-state index in [2.05, 4.69) is 54.0 Å². The van der Waals surface area contributed by atoms with Gasteiger partial charge in [0.25, 0.3) is 0 Å². The topological polar surface area (TPSA) is 32.8 Å². The number of carbonyl (C=O) groups is 1. The minimum atomic E-state index is -0.341. The maximum absolute atomic E-state index is 12.5. The summed E-state index contributed by atoms with van der Waals surface area (Å²) in [5, 5.41) is 0. The summed E-state index contributed by atoms with van der Waals surface area (Å²) in [6.45, 7) is 7.94. The van der Waals surface area contributed by atoms with Crippen LogP contribution in [0, 0.1) is 5.92 Å². The van der Waals surface area contributed by atoms with E-state index in [1.54, 1.807) is 0 Å². The molecule has 0 radical (unpaired) electrons. The van der Waals surface area contributed by atoms with Crippen LogP contribution in [0.4, 0.5) is 0 Å². The average Bonchev–Trinajstić information content (AvgIpc) is 2.82. The van der Waals surface area contributed by atoms with Crippen LogP contribution >= 0.6 is 0 Å². The Kier molecular flexibility index (Phi) is 3.50. The number of nitrogens with zero attached hydrogens (tertiary/aromatic N) is 2. The molecule has 1 amide bonds. The van der Waals surface area contributed by atoms with E-state index >= 15 is 0 Å². The monoisotopic (exact) mass is 314 g/mol. The lowest BCUT2D eigenvalue weighted by molar-refractivity contribution is -0.195. The lowest BCUT2D eigenvalue weighted by Gasteiger charge is -2.54. The standard InChI is InChI=1S/C19H26N2O2/c1-18(2)14-23-19-10-11-20(12-15-6-4-3-5-7-15)13-16(19)8-9-17(22)21(18)19/h3-7,16H,8-14H2,1-2H3. The van der Waals surface area contributed by atoms with Crippen molar-refractivity contribution in [3.8, 4) is 0 Å². The number of hydrogen-bond donors (Lipinski definition) is 0. The first-order valence-corrected chi connectivity index (χ1v) is 8.75. The van der Waals surface area contributed by atoms with Crippen LogP contribution in [0.2, 0.25) is 0 Å². The summed E-state index contributed by atoms with van der Waals surface area (Å²) in [4.78, 5) is 17.2. The molecule has 3 saturated heterocycles. The molecule has 1 spiro atoms. The number of carbonyl (C=O) groups excluding carboxylic acids is 1. The molecule has 124 valence electrons. The van der Waals surface area contributed by atoms with Crippen molar-refractivity contribution in [3.05, 3.63) is 35.9 Å². The molecule has 1 aromatic rings. The zero-order valence-electron chi connectivity index (χ0n) is 14.1. The number of rotatable bonds is 2. The maximum Gasteiger partial charge on any atom is 0.225 e. The Balaban J connectivity index is 1.54. The lowest BCUT2D eigenvalue weighted by atomic mass is 9.78. The quantitative estimate of drug-likeness (QED) is 0.841. The molecular formula is C19H26N2O2. The SMILES string of the molecule is CC1(C)COC23CCN(Cc4ccccc4)CC2CCC(=O)N13.